The number of hydrogen-bond acceptors (Lipinski definition) is 4. The highest BCUT2D eigenvalue weighted by Crippen LogP contribution is 2.27. The molecule has 1 N–H and O–H groups in total. The molecule has 0 aromatic heterocycles. The van der Waals surface area contributed by atoms with Crippen LogP contribution < -0.4 is 10.1 Å². The largest absolute Gasteiger partial charge is 0.491 e. The minimum Gasteiger partial charge on any atom is -0.491 e. The number of rotatable bonds is 4. The summed E-state index contributed by atoms with van der Waals surface area (Å²) in [6.07, 6.45) is 2.41. The first-order chi connectivity index (χ1) is 11.3. The highest BCUT2D eigenvalue weighted by molar-refractivity contribution is 5.94. The average Bonchev–Trinajstić information content (AvgIpc) is 3.29. The number of hydrogen-bond donors (Lipinski definition) is 1. The number of carbonyl (C=O) groups is 1. The van der Waals surface area contributed by atoms with Crippen LogP contribution >= 0.6 is 0 Å². The zero-order valence-electron chi connectivity index (χ0n) is 13.4. The van der Waals surface area contributed by atoms with Gasteiger partial charge in [-0.3, -0.25) is 4.79 Å². The van der Waals surface area contributed by atoms with Gasteiger partial charge in [0.1, 0.15) is 12.4 Å². The molecule has 4 rings (SSSR count). The van der Waals surface area contributed by atoms with Gasteiger partial charge in [0.05, 0.1) is 6.10 Å². The molecule has 0 spiro atoms. The third-order valence-electron chi connectivity index (χ3n) is 5.24. The molecule has 1 unspecified atom stereocenters. The van der Waals surface area contributed by atoms with Crippen molar-refractivity contribution in [2.45, 2.75) is 18.9 Å². The Morgan fingerprint density at radius 2 is 1.96 bits per heavy atom. The van der Waals surface area contributed by atoms with Crippen LogP contribution in [0.2, 0.25) is 0 Å². The molecule has 0 aliphatic carbocycles. The number of nitrogens with one attached hydrogen (secondary N) is 1. The van der Waals surface area contributed by atoms with Crippen LogP contribution in [0.15, 0.2) is 24.3 Å². The Morgan fingerprint density at radius 1 is 1.22 bits per heavy atom. The van der Waals surface area contributed by atoms with Crippen LogP contribution in [-0.4, -0.2) is 56.3 Å². The van der Waals surface area contributed by atoms with Gasteiger partial charge in [0.15, 0.2) is 0 Å². The van der Waals surface area contributed by atoms with Gasteiger partial charge in [-0.25, -0.2) is 0 Å². The zero-order chi connectivity index (χ0) is 15.6. The second-order valence-corrected chi connectivity index (χ2v) is 6.86. The zero-order valence-corrected chi connectivity index (χ0v) is 13.4. The second-order valence-electron chi connectivity index (χ2n) is 6.86. The van der Waals surface area contributed by atoms with E-state index in [0.29, 0.717) is 18.4 Å². The van der Waals surface area contributed by atoms with Crippen molar-refractivity contribution in [1.82, 2.24) is 10.2 Å². The minimum absolute atomic E-state index is 0.144. The van der Waals surface area contributed by atoms with Gasteiger partial charge in [-0.15, -0.1) is 0 Å². The SMILES string of the molecule is O=C(c1ccc(OCC2CCCO2)cc1)N1C[C@H]2CNC[C@H]2C1. The van der Waals surface area contributed by atoms with Crippen molar-refractivity contribution in [3.63, 3.8) is 0 Å². The molecular weight excluding hydrogens is 292 g/mol. The summed E-state index contributed by atoms with van der Waals surface area (Å²) in [6, 6.07) is 7.53. The number of carbonyl (C=O) groups excluding carboxylic acids is 1. The van der Waals surface area contributed by atoms with Crippen molar-refractivity contribution >= 4 is 5.91 Å². The molecule has 3 aliphatic rings. The molecule has 1 amide bonds. The van der Waals surface area contributed by atoms with Crippen molar-refractivity contribution in [2.75, 3.05) is 39.4 Å². The number of nitrogens with zero attached hydrogens (tertiary/aromatic N) is 1. The van der Waals surface area contributed by atoms with Crippen molar-refractivity contribution in [2.24, 2.45) is 11.8 Å². The van der Waals surface area contributed by atoms with Crippen LogP contribution in [0.3, 0.4) is 0 Å². The topological polar surface area (TPSA) is 50.8 Å². The summed E-state index contributed by atoms with van der Waals surface area (Å²) in [4.78, 5) is 14.6. The molecule has 124 valence electrons. The van der Waals surface area contributed by atoms with Crippen molar-refractivity contribution < 1.29 is 14.3 Å². The third-order valence-corrected chi connectivity index (χ3v) is 5.24. The lowest BCUT2D eigenvalue weighted by atomic mass is 10.0. The van der Waals surface area contributed by atoms with Crippen LogP contribution in [0.25, 0.3) is 0 Å². The molecule has 5 nitrogen and oxygen atoms in total. The number of likely N-dealkylation sites (tertiary alicyclic amines) is 1. The molecule has 3 atom stereocenters. The Hall–Kier alpha value is -1.59. The van der Waals surface area contributed by atoms with Gasteiger partial charge in [-0.05, 0) is 48.9 Å². The Kier molecular flexibility index (Phi) is 4.23. The Bertz CT molecular complexity index is 542. The van der Waals surface area contributed by atoms with Gasteiger partial charge < -0.3 is 19.7 Å². The third kappa shape index (κ3) is 3.21. The first kappa shape index (κ1) is 15.0. The summed E-state index contributed by atoms with van der Waals surface area (Å²) < 4.78 is 11.3. The maximum absolute atomic E-state index is 12.6. The summed E-state index contributed by atoms with van der Waals surface area (Å²) in [5.74, 6) is 2.21. The fourth-order valence-corrected chi connectivity index (χ4v) is 3.86. The predicted molar refractivity (Wildman–Crippen MR) is 86.7 cm³/mol. The van der Waals surface area contributed by atoms with Gasteiger partial charge in [0.25, 0.3) is 5.91 Å². The van der Waals surface area contributed by atoms with E-state index in [9.17, 15) is 4.79 Å². The van der Waals surface area contributed by atoms with Gasteiger partial charge in [0.2, 0.25) is 0 Å². The Labute approximate surface area is 136 Å². The van der Waals surface area contributed by atoms with E-state index in [1.54, 1.807) is 0 Å². The van der Waals surface area contributed by atoms with E-state index in [4.69, 9.17) is 9.47 Å². The average molecular weight is 316 g/mol. The molecule has 1 aromatic carbocycles. The molecule has 0 radical (unpaired) electrons. The minimum atomic E-state index is 0.144. The molecule has 3 aliphatic heterocycles. The summed E-state index contributed by atoms with van der Waals surface area (Å²) in [5, 5.41) is 3.40. The Morgan fingerprint density at radius 3 is 2.61 bits per heavy atom. The standard InChI is InChI=1S/C18H24N2O3/c21-18(20-10-14-8-19-9-15(14)11-20)13-3-5-16(6-4-13)23-12-17-2-1-7-22-17/h3-6,14-15,17,19H,1-2,7-12H2/t14-,15+,17?. The molecule has 3 fully saturated rings. The molecule has 5 heteroatoms. The van der Waals surface area contributed by atoms with Crippen LogP contribution in [0, 0.1) is 11.8 Å². The molecule has 1 aromatic rings. The van der Waals surface area contributed by atoms with Gasteiger partial charge in [-0.1, -0.05) is 0 Å². The van der Waals surface area contributed by atoms with E-state index in [2.05, 4.69) is 5.32 Å². The lowest BCUT2D eigenvalue weighted by Gasteiger charge is -2.18. The highest BCUT2D eigenvalue weighted by Gasteiger charge is 2.38. The highest BCUT2D eigenvalue weighted by atomic mass is 16.5. The normalized spacial score (nSPS) is 29.7. The van der Waals surface area contributed by atoms with Gasteiger partial charge in [-0.2, -0.15) is 0 Å². The van der Waals surface area contributed by atoms with E-state index in [1.807, 2.05) is 29.2 Å². The van der Waals surface area contributed by atoms with Gasteiger partial charge in [0, 0.05) is 38.3 Å². The summed E-state index contributed by atoms with van der Waals surface area (Å²) in [5.41, 5.74) is 0.752. The van der Waals surface area contributed by atoms with Crippen LogP contribution in [-0.2, 0) is 4.74 Å². The van der Waals surface area contributed by atoms with E-state index in [1.165, 1.54) is 0 Å². The van der Waals surface area contributed by atoms with E-state index < -0.39 is 0 Å². The quantitative estimate of drug-likeness (QED) is 0.915. The Balaban J connectivity index is 1.33. The lowest BCUT2D eigenvalue weighted by Crippen LogP contribution is -2.31. The van der Waals surface area contributed by atoms with E-state index in [0.717, 1.165) is 56.9 Å². The number of benzene rings is 1. The predicted octanol–water partition coefficient (Wildman–Crippen LogP) is 1.54. The van der Waals surface area contributed by atoms with E-state index in [-0.39, 0.29) is 12.0 Å². The van der Waals surface area contributed by atoms with Crippen LogP contribution in [0.1, 0.15) is 23.2 Å². The first-order valence-corrected chi connectivity index (χ1v) is 8.64. The summed E-state index contributed by atoms with van der Waals surface area (Å²) >= 11 is 0. The molecule has 3 saturated heterocycles. The fourth-order valence-electron chi connectivity index (χ4n) is 3.86. The molecule has 23 heavy (non-hydrogen) atoms. The van der Waals surface area contributed by atoms with Crippen molar-refractivity contribution in [1.29, 1.82) is 0 Å². The number of ether oxygens (including phenoxy) is 2. The lowest BCUT2D eigenvalue weighted by molar-refractivity contribution is 0.0679. The number of fused-ring (bicyclic) bond motifs is 1. The molecule has 3 heterocycles. The summed E-state index contributed by atoms with van der Waals surface area (Å²) in [6.45, 7) is 5.29. The molecular formula is C18H24N2O3. The fraction of sp³-hybridized carbons (Fsp3) is 0.611. The monoisotopic (exact) mass is 316 g/mol. The summed E-state index contributed by atoms with van der Waals surface area (Å²) in [7, 11) is 0. The molecule has 0 bridgehead atoms. The van der Waals surface area contributed by atoms with Crippen LogP contribution in [0.5, 0.6) is 5.75 Å². The number of amides is 1. The maximum atomic E-state index is 12.6. The van der Waals surface area contributed by atoms with Crippen LogP contribution in [0.4, 0.5) is 0 Å². The second kappa shape index (κ2) is 6.49. The van der Waals surface area contributed by atoms with Crippen molar-refractivity contribution in [3.05, 3.63) is 29.8 Å². The maximum Gasteiger partial charge on any atom is 0.253 e. The van der Waals surface area contributed by atoms with Gasteiger partial charge >= 0.3 is 0 Å². The molecule has 0 saturated carbocycles. The van der Waals surface area contributed by atoms with E-state index >= 15 is 0 Å². The van der Waals surface area contributed by atoms with Crippen molar-refractivity contribution in [3.8, 4) is 5.75 Å². The smallest absolute Gasteiger partial charge is 0.253 e. The first-order valence-electron chi connectivity index (χ1n) is 8.64.